The highest BCUT2D eigenvalue weighted by Gasteiger charge is 2.21. The minimum Gasteiger partial charge on any atom is -0.464 e. The van der Waals surface area contributed by atoms with Gasteiger partial charge in [0.25, 0.3) is 0 Å². The molecule has 0 saturated heterocycles. The van der Waals surface area contributed by atoms with Crippen molar-refractivity contribution >= 4 is 18.0 Å². The summed E-state index contributed by atoms with van der Waals surface area (Å²) in [5.41, 5.74) is 1.08. The molecule has 0 aromatic heterocycles. The summed E-state index contributed by atoms with van der Waals surface area (Å²) in [6.07, 6.45) is 4.19. The number of nitrogens with one attached hydrogen (secondary N) is 1. The number of esters is 1. The molecule has 1 aromatic carbocycles. The van der Waals surface area contributed by atoms with Crippen LogP contribution in [0.15, 0.2) is 35.3 Å². The van der Waals surface area contributed by atoms with E-state index in [2.05, 4.69) is 10.3 Å². The Morgan fingerprint density at radius 3 is 2.67 bits per heavy atom. The molecule has 0 aliphatic carbocycles. The molecule has 0 heterocycles. The van der Waals surface area contributed by atoms with E-state index in [1.54, 1.807) is 6.92 Å². The molecule has 0 aliphatic rings. The molecule has 1 aromatic rings. The minimum atomic E-state index is -0.659. The first kappa shape index (κ1) is 19.6. The van der Waals surface area contributed by atoms with Gasteiger partial charge in [0.1, 0.15) is 6.04 Å². The van der Waals surface area contributed by atoms with Gasteiger partial charge in [-0.2, -0.15) is 0 Å². The summed E-state index contributed by atoms with van der Waals surface area (Å²) in [5, 5.41) is 2.74. The lowest BCUT2D eigenvalue weighted by Gasteiger charge is -2.17. The van der Waals surface area contributed by atoms with Gasteiger partial charge in [0, 0.05) is 6.42 Å². The van der Waals surface area contributed by atoms with Crippen LogP contribution in [0, 0.1) is 0 Å². The van der Waals surface area contributed by atoms with Crippen molar-refractivity contribution in [3.05, 3.63) is 35.9 Å². The second-order valence-electron chi connectivity index (χ2n) is 5.33. The van der Waals surface area contributed by atoms with E-state index in [9.17, 15) is 14.4 Å². The molecular formula is C18H24N2O4. The van der Waals surface area contributed by atoms with Crippen molar-refractivity contribution in [2.75, 3.05) is 13.2 Å². The summed E-state index contributed by atoms with van der Waals surface area (Å²) in [4.78, 5) is 37.5. The molecule has 1 N–H and O–H groups in total. The zero-order chi connectivity index (χ0) is 17.6. The normalized spacial score (nSPS) is 11.2. The van der Waals surface area contributed by atoms with Crippen molar-refractivity contribution < 1.29 is 19.1 Å². The lowest BCUT2D eigenvalue weighted by molar-refractivity contribution is -0.147. The van der Waals surface area contributed by atoms with E-state index in [1.807, 2.05) is 30.3 Å². The third-order valence-corrected chi connectivity index (χ3v) is 3.47. The van der Waals surface area contributed by atoms with Gasteiger partial charge in [-0.15, -0.1) is 0 Å². The Labute approximate surface area is 142 Å². The third-order valence-electron chi connectivity index (χ3n) is 3.47. The number of aryl methyl sites for hydroxylation is 1. The van der Waals surface area contributed by atoms with Crippen molar-refractivity contribution in [2.45, 2.75) is 45.1 Å². The molecule has 6 nitrogen and oxygen atoms in total. The summed E-state index contributed by atoms with van der Waals surface area (Å²) < 4.78 is 5.01. The molecule has 0 spiro atoms. The number of carbonyl (C=O) groups is 2. The number of nitrogens with zero attached hydrogens (tertiary/aromatic N) is 1. The number of unbranched alkanes of at least 4 members (excludes halogenated alkanes) is 1. The van der Waals surface area contributed by atoms with E-state index in [4.69, 9.17) is 4.74 Å². The van der Waals surface area contributed by atoms with Gasteiger partial charge >= 0.3 is 5.97 Å². The van der Waals surface area contributed by atoms with Crippen molar-refractivity contribution in [1.29, 1.82) is 0 Å². The molecule has 24 heavy (non-hydrogen) atoms. The van der Waals surface area contributed by atoms with Crippen molar-refractivity contribution in [2.24, 2.45) is 4.99 Å². The molecule has 1 amide bonds. The van der Waals surface area contributed by atoms with Crippen LogP contribution in [0.2, 0.25) is 0 Å². The van der Waals surface area contributed by atoms with Crippen molar-refractivity contribution in [1.82, 2.24) is 5.32 Å². The highest BCUT2D eigenvalue weighted by atomic mass is 16.5. The Balaban J connectivity index is 2.45. The molecule has 0 unspecified atom stereocenters. The summed E-state index contributed by atoms with van der Waals surface area (Å²) in [7, 11) is 0. The number of aliphatic imine (C=N–C) groups is 1. The van der Waals surface area contributed by atoms with Gasteiger partial charge in [0.2, 0.25) is 12.0 Å². The number of isocyanates is 1. The van der Waals surface area contributed by atoms with Crippen LogP contribution in [-0.2, 0) is 25.5 Å². The lowest BCUT2D eigenvalue weighted by atomic mass is 10.1. The van der Waals surface area contributed by atoms with Crippen LogP contribution in [0.1, 0.15) is 38.2 Å². The SMILES string of the molecule is CCOC(=O)[C@H](CCCCN=C=O)NC(=O)CCc1ccccc1. The highest BCUT2D eigenvalue weighted by Crippen LogP contribution is 2.06. The Hall–Kier alpha value is -2.46. The van der Waals surface area contributed by atoms with Gasteiger partial charge in [-0.3, -0.25) is 4.79 Å². The van der Waals surface area contributed by atoms with Crippen LogP contribution >= 0.6 is 0 Å². The smallest absolute Gasteiger partial charge is 0.328 e. The number of amides is 1. The fraction of sp³-hybridized carbons (Fsp3) is 0.500. The van der Waals surface area contributed by atoms with E-state index in [1.165, 1.54) is 6.08 Å². The van der Waals surface area contributed by atoms with Gasteiger partial charge < -0.3 is 10.1 Å². The summed E-state index contributed by atoms with van der Waals surface area (Å²) in [6, 6.07) is 9.04. The molecule has 130 valence electrons. The second-order valence-corrected chi connectivity index (χ2v) is 5.33. The van der Waals surface area contributed by atoms with Crippen molar-refractivity contribution in [3.63, 3.8) is 0 Å². The number of carbonyl (C=O) groups excluding carboxylic acids is 3. The van der Waals surface area contributed by atoms with Gasteiger partial charge in [-0.1, -0.05) is 30.3 Å². The number of ether oxygens (including phenoxy) is 1. The first-order valence-corrected chi connectivity index (χ1v) is 8.21. The largest absolute Gasteiger partial charge is 0.464 e. The predicted molar refractivity (Wildman–Crippen MR) is 90.2 cm³/mol. The topological polar surface area (TPSA) is 84.8 Å². The molecule has 6 heteroatoms. The van der Waals surface area contributed by atoms with Crippen LogP contribution in [0.25, 0.3) is 0 Å². The molecule has 0 aliphatic heterocycles. The maximum atomic E-state index is 12.1. The standard InChI is InChI=1S/C18H24N2O4/c1-2-24-18(23)16(10-6-7-13-19-14-21)20-17(22)12-11-15-8-4-3-5-9-15/h3-5,8-9,16H,2,6-7,10-13H2,1H3,(H,20,22)/t16-/m0/s1. The van der Waals surface area contributed by atoms with E-state index in [-0.39, 0.29) is 12.5 Å². The summed E-state index contributed by atoms with van der Waals surface area (Å²) in [6.45, 7) is 2.37. The van der Waals surface area contributed by atoms with E-state index < -0.39 is 12.0 Å². The zero-order valence-corrected chi connectivity index (χ0v) is 14.0. The molecule has 0 saturated carbocycles. The number of hydrogen-bond acceptors (Lipinski definition) is 5. The molecule has 1 atom stereocenters. The quantitative estimate of drug-likeness (QED) is 0.291. The lowest BCUT2D eigenvalue weighted by Crippen LogP contribution is -2.42. The van der Waals surface area contributed by atoms with E-state index in [0.717, 1.165) is 5.56 Å². The maximum absolute atomic E-state index is 12.1. The van der Waals surface area contributed by atoms with Gasteiger partial charge in [-0.25, -0.2) is 14.6 Å². The third kappa shape index (κ3) is 8.25. The summed E-state index contributed by atoms with van der Waals surface area (Å²) in [5.74, 6) is -0.604. The van der Waals surface area contributed by atoms with E-state index in [0.29, 0.717) is 38.6 Å². The second kappa shape index (κ2) is 12.0. The Kier molecular flexibility index (Phi) is 9.81. The van der Waals surface area contributed by atoms with Crippen LogP contribution < -0.4 is 5.32 Å². The molecule has 0 fully saturated rings. The summed E-state index contributed by atoms with van der Waals surface area (Å²) >= 11 is 0. The molecule has 0 radical (unpaired) electrons. The zero-order valence-electron chi connectivity index (χ0n) is 14.0. The number of rotatable bonds is 11. The highest BCUT2D eigenvalue weighted by molar-refractivity contribution is 5.84. The van der Waals surface area contributed by atoms with Crippen molar-refractivity contribution in [3.8, 4) is 0 Å². The molecule has 0 bridgehead atoms. The van der Waals surface area contributed by atoms with Gasteiger partial charge in [0.05, 0.1) is 13.2 Å². The average molecular weight is 332 g/mol. The van der Waals surface area contributed by atoms with Crippen LogP contribution in [-0.4, -0.2) is 37.1 Å². The number of benzene rings is 1. The first-order chi connectivity index (χ1) is 11.7. The molecule has 1 rings (SSSR count). The van der Waals surface area contributed by atoms with Crippen LogP contribution in [0.4, 0.5) is 0 Å². The Morgan fingerprint density at radius 1 is 1.25 bits per heavy atom. The van der Waals surface area contributed by atoms with Crippen LogP contribution in [0.5, 0.6) is 0 Å². The van der Waals surface area contributed by atoms with Gasteiger partial charge in [0.15, 0.2) is 0 Å². The minimum absolute atomic E-state index is 0.178. The fourth-order valence-corrected chi connectivity index (χ4v) is 2.25. The molecular weight excluding hydrogens is 308 g/mol. The predicted octanol–water partition coefficient (Wildman–Crippen LogP) is 2.17. The maximum Gasteiger partial charge on any atom is 0.328 e. The Morgan fingerprint density at radius 2 is 2.00 bits per heavy atom. The van der Waals surface area contributed by atoms with E-state index >= 15 is 0 Å². The average Bonchev–Trinajstić information content (AvgIpc) is 2.60. The van der Waals surface area contributed by atoms with Crippen LogP contribution in [0.3, 0.4) is 0 Å². The number of hydrogen-bond donors (Lipinski definition) is 1. The monoisotopic (exact) mass is 332 g/mol. The fourth-order valence-electron chi connectivity index (χ4n) is 2.25. The first-order valence-electron chi connectivity index (χ1n) is 8.21. The Bertz CT molecular complexity index is 553. The van der Waals surface area contributed by atoms with Gasteiger partial charge in [-0.05, 0) is 38.2 Å².